The minimum absolute atomic E-state index is 0.287. The van der Waals surface area contributed by atoms with Gasteiger partial charge in [-0.3, -0.25) is 14.4 Å². The number of Topliss-reactive ketones (excluding diaryl/α,β-unsaturated/α-hetero) is 1. The number of carboxylic acid groups (broad SMARTS) is 1. The maximum Gasteiger partial charge on any atom is 0.323 e. The molecule has 0 aromatic carbocycles. The number of nitrogens with zero attached hydrogens (tertiary/aromatic N) is 1. The van der Waals surface area contributed by atoms with E-state index in [0.29, 0.717) is 0 Å². The lowest BCUT2D eigenvalue weighted by atomic mass is 10.1. The van der Waals surface area contributed by atoms with Crippen LogP contribution in [-0.4, -0.2) is 26.5 Å². The van der Waals surface area contributed by atoms with E-state index in [4.69, 9.17) is 5.11 Å². The summed E-state index contributed by atoms with van der Waals surface area (Å²) in [5.41, 5.74) is -0.880. The highest BCUT2D eigenvalue weighted by atomic mass is 16.4. The van der Waals surface area contributed by atoms with Crippen LogP contribution in [0.3, 0.4) is 0 Å². The van der Waals surface area contributed by atoms with Crippen LogP contribution in [0, 0.1) is 6.92 Å². The van der Waals surface area contributed by atoms with Gasteiger partial charge in [0.2, 0.25) is 0 Å². The third-order valence-electron chi connectivity index (χ3n) is 2.13. The summed E-state index contributed by atoms with van der Waals surface area (Å²) in [6.07, 6.45) is 0. The maximum atomic E-state index is 11.7. The second kappa shape index (κ2) is 4.18. The Morgan fingerprint density at radius 3 is 2.44 bits per heavy atom. The molecule has 0 unspecified atom stereocenters. The molecular weight excluding hydrogens is 214 g/mol. The molecule has 86 valence electrons. The topological polar surface area (TPSA) is 96.6 Å². The highest BCUT2D eigenvalue weighted by Gasteiger charge is 2.17. The molecule has 0 atom stereocenters. The van der Waals surface area contributed by atoms with Crippen molar-refractivity contribution in [1.82, 2.24) is 4.57 Å². The average molecular weight is 225 g/mol. The first kappa shape index (κ1) is 12.0. The number of aryl methyl sites for hydroxylation is 1. The molecule has 0 amide bonds. The number of hydrogen-bond donors (Lipinski definition) is 2. The Morgan fingerprint density at radius 2 is 2.00 bits per heavy atom. The van der Waals surface area contributed by atoms with E-state index in [-0.39, 0.29) is 11.3 Å². The summed E-state index contributed by atoms with van der Waals surface area (Å²) in [7, 11) is 0. The molecule has 0 fully saturated rings. The number of aliphatic carboxylic acids is 1. The van der Waals surface area contributed by atoms with Gasteiger partial charge >= 0.3 is 5.97 Å². The first-order chi connectivity index (χ1) is 7.34. The summed E-state index contributed by atoms with van der Waals surface area (Å²) in [5.74, 6) is -2.20. The fraction of sp³-hybridized carbons (Fsp3) is 0.300. The second-order valence-electron chi connectivity index (χ2n) is 3.39. The van der Waals surface area contributed by atoms with Crippen LogP contribution < -0.4 is 5.56 Å². The predicted molar refractivity (Wildman–Crippen MR) is 54.7 cm³/mol. The van der Waals surface area contributed by atoms with Crippen LogP contribution in [0.4, 0.5) is 0 Å². The van der Waals surface area contributed by atoms with Gasteiger partial charge in [-0.05, 0) is 13.8 Å². The fourth-order valence-electron chi connectivity index (χ4n) is 1.42. The van der Waals surface area contributed by atoms with Crippen molar-refractivity contribution in [2.45, 2.75) is 20.4 Å². The Balaban J connectivity index is 3.51. The number of carboxylic acids is 1. The van der Waals surface area contributed by atoms with Crippen LogP contribution in [0.25, 0.3) is 0 Å². The summed E-state index contributed by atoms with van der Waals surface area (Å²) >= 11 is 0. The molecule has 6 heteroatoms. The van der Waals surface area contributed by atoms with Crippen molar-refractivity contribution in [2.75, 3.05) is 0 Å². The standard InChI is InChI=1S/C10H11NO5/c1-5-3-7(13)9(6(2)12)10(16)11(5)4-8(14)15/h3,13H,4H2,1-2H3,(H,14,15). The summed E-state index contributed by atoms with van der Waals surface area (Å²) in [4.78, 5) is 33.4. The van der Waals surface area contributed by atoms with Crippen molar-refractivity contribution in [3.8, 4) is 5.75 Å². The van der Waals surface area contributed by atoms with Crippen LogP contribution in [0.1, 0.15) is 23.0 Å². The number of aromatic nitrogens is 1. The number of hydrogen-bond acceptors (Lipinski definition) is 4. The van der Waals surface area contributed by atoms with Gasteiger partial charge in [0.15, 0.2) is 5.78 Å². The summed E-state index contributed by atoms with van der Waals surface area (Å²) in [6, 6.07) is 1.20. The minimum atomic E-state index is -1.19. The SMILES string of the molecule is CC(=O)c1c(O)cc(C)n(CC(=O)O)c1=O. The Labute approximate surface area is 90.8 Å². The number of ketones is 1. The van der Waals surface area contributed by atoms with Gasteiger partial charge in [0.25, 0.3) is 5.56 Å². The molecule has 16 heavy (non-hydrogen) atoms. The largest absolute Gasteiger partial charge is 0.507 e. The van der Waals surface area contributed by atoms with E-state index in [1.807, 2.05) is 0 Å². The minimum Gasteiger partial charge on any atom is -0.507 e. The lowest BCUT2D eigenvalue weighted by molar-refractivity contribution is -0.137. The summed E-state index contributed by atoms with van der Waals surface area (Å²) < 4.78 is 0.929. The quantitative estimate of drug-likeness (QED) is 0.713. The molecule has 2 N–H and O–H groups in total. The van der Waals surface area contributed by atoms with Crippen molar-refractivity contribution in [2.24, 2.45) is 0 Å². The summed E-state index contributed by atoms with van der Waals surface area (Å²) in [6.45, 7) is 2.08. The van der Waals surface area contributed by atoms with Crippen molar-refractivity contribution < 1.29 is 19.8 Å². The van der Waals surface area contributed by atoms with Gasteiger partial charge < -0.3 is 14.8 Å². The molecule has 0 saturated carbocycles. The maximum absolute atomic E-state index is 11.7. The number of carbonyl (C=O) groups is 2. The van der Waals surface area contributed by atoms with Gasteiger partial charge in [-0.15, -0.1) is 0 Å². The van der Waals surface area contributed by atoms with Crippen molar-refractivity contribution in [3.05, 3.63) is 27.7 Å². The normalized spacial score (nSPS) is 10.1. The smallest absolute Gasteiger partial charge is 0.323 e. The lowest BCUT2D eigenvalue weighted by Gasteiger charge is -2.09. The van der Waals surface area contributed by atoms with E-state index in [2.05, 4.69) is 0 Å². The molecule has 0 radical (unpaired) electrons. The Hall–Kier alpha value is -2.11. The van der Waals surface area contributed by atoms with Crippen LogP contribution >= 0.6 is 0 Å². The van der Waals surface area contributed by atoms with E-state index in [9.17, 15) is 19.5 Å². The molecule has 6 nitrogen and oxygen atoms in total. The zero-order valence-electron chi connectivity index (χ0n) is 8.85. The van der Waals surface area contributed by atoms with Gasteiger partial charge in [0, 0.05) is 11.8 Å². The highest BCUT2D eigenvalue weighted by Crippen LogP contribution is 2.14. The lowest BCUT2D eigenvalue weighted by Crippen LogP contribution is -2.30. The molecule has 1 heterocycles. The number of pyridine rings is 1. The van der Waals surface area contributed by atoms with E-state index in [0.717, 1.165) is 11.5 Å². The monoisotopic (exact) mass is 225 g/mol. The van der Waals surface area contributed by atoms with E-state index in [1.54, 1.807) is 0 Å². The van der Waals surface area contributed by atoms with Crippen LogP contribution in [0.2, 0.25) is 0 Å². The third-order valence-corrected chi connectivity index (χ3v) is 2.13. The third kappa shape index (κ3) is 2.10. The molecule has 1 rings (SSSR count). The number of carbonyl (C=O) groups excluding carboxylic acids is 1. The molecule has 0 spiro atoms. The van der Waals surface area contributed by atoms with Gasteiger partial charge in [0.05, 0.1) is 0 Å². The fourth-order valence-corrected chi connectivity index (χ4v) is 1.42. The number of aromatic hydroxyl groups is 1. The van der Waals surface area contributed by atoms with E-state index < -0.39 is 29.6 Å². The second-order valence-corrected chi connectivity index (χ2v) is 3.39. The van der Waals surface area contributed by atoms with Gasteiger partial charge in [0.1, 0.15) is 17.9 Å². The average Bonchev–Trinajstić information content (AvgIpc) is 2.10. The molecule has 0 aliphatic carbocycles. The molecule has 1 aromatic rings. The Kier molecular flexibility index (Phi) is 3.12. The first-order valence-corrected chi connectivity index (χ1v) is 4.50. The van der Waals surface area contributed by atoms with Gasteiger partial charge in [-0.2, -0.15) is 0 Å². The summed E-state index contributed by atoms with van der Waals surface area (Å²) in [5, 5.41) is 18.0. The van der Waals surface area contributed by atoms with E-state index >= 15 is 0 Å². The highest BCUT2D eigenvalue weighted by molar-refractivity contribution is 5.96. The Bertz CT molecular complexity index is 515. The molecule has 0 bridgehead atoms. The van der Waals surface area contributed by atoms with E-state index in [1.165, 1.54) is 13.0 Å². The van der Waals surface area contributed by atoms with Crippen molar-refractivity contribution in [1.29, 1.82) is 0 Å². The van der Waals surface area contributed by atoms with Crippen LogP contribution in [-0.2, 0) is 11.3 Å². The number of rotatable bonds is 3. The van der Waals surface area contributed by atoms with Crippen molar-refractivity contribution >= 4 is 11.8 Å². The molecule has 0 saturated heterocycles. The molecule has 1 aromatic heterocycles. The molecule has 0 aliphatic rings. The first-order valence-electron chi connectivity index (χ1n) is 4.50. The predicted octanol–water partition coefficient (Wildman–Crippen LogP) is 0.150. The Morgan fingerprint density at radius 1 is 1.44 bits per heavy atom. The zero-order chi connectivity index (χ0) is 12.5. The zero-order valence-corrected chi connectivity index (χ0v) is 8.85. The molecule has 0 aliphatic heterocycles. The van der Waals surface area contributed by atoms with Gasteiger partial charge in [-0.1, -0.05) is 0 Å². The van der Waals surface area contributed by atoms with Crippen molar-refractivity contribution in [3.63, 3.8) is 0 Å². The molecular formula is C10H11NO5. The van der Waals surface area contributed by atoms with Crippen LogP contribution in [0.15, 0.2) is 10.9 Å². The van der Waals surface area contributed by atoms with Crippen LogP contribution in [0.5, 0.6) is 5.75 Å². The van der Waals surface area contributed by atoms with Gasteiger partial charge in [-0.25, -0.2) is 0 Å².